The minimum atomic E-state index is -0.608. The molecule has 0 aliphatic carbocycles. The highest BCUT2D eigenvalue weighted by molar-refractivity contribution is 7.75. The third-order valence-corrected chi connectivity index (χ3v) is 2.51. The fourth-order valence-corrected chi connectivity index (χ4v) is 0.864. The van der Waals surface area contributed by atoms with Crippen LogP contribution in [0.4, 0.5) is 4.79 Å². The van der Waals surface area contributed by atoms with Gasteiger partial charge in [-0.15, -0.1) is 0 Å². The van der Waals surface area contributed by atoms with Gasteiger partial charge in [0.2, 0.25) is 0 Å². The van der Waals surface area contributed by atoms with Gasteiger partial charge in [0.15, 0.2) is 0 Å². The molecule has 0 rings (SSSR count). The zero-order chi connectivity index (χ0) is 12.6. The van der Waals surface area contributed by atoms with Gasteiger partial charge in [-0.25, -0.2) is 4.79 Å². The van der Waals surface area contributed by atoms with Crippen molar-refractivity contribution >= 4 is 25.0 Å². The van der Waals surface area contributed by atoms with E-state index < -0.39 is 11.5 Å². The summed E-state index contributed by atoms with van der Waals surface area (Å²) in [5.41, 5.74) is -0.447. The number of rotatable bonds is 6. The Kier molecular flexibility index (Phi) is 6.96. The van der Waals surface area contributed by atoms with Crippen molar-refractivity contribution in [3.63, 3.8) is 0 Å². The van der Waals surface area contributed by atoms with E-state index >= 15 is 0 Å². The highest BCUT2D eigenvalue weighted by atomic mass is 32.1. The molecule has 0 fully saturated rings. The van der Waals surface area contributed by atoms with Gasteiger partial charge in [-0.05, 0) is 26.7 Å². The van der Waals surface area contributed by atoms with Gasteiger partial charge >= 0.3 is 12.1 Å². The maximum atomic E-state index is 11.5. The Morgan fingerprint density at radius 1 is 1.38 bits per heavy atom. The Balaban J connectivity index is 3.60. The van der Waals surface area contributed by atoms with E-state index in [0.29, 0.717) is 13.0 Å². The number of carbonyl (C=O) groups is 2. The summed E-state index contributed by atoms with van der Waals surface area (Å²) in [5.74, 6) is -0.216. The van der Waals surface area contributed by atoms with E-state index in [2.05, 4.69) is 22.4 Å². The third-order valence-electron chi connectivity index (χ3n) is 2.34. The number of nitrogens with one attached hydrogen (secondary N) is 1. The molecule has 0 spiro atoms. The lowest BCUT2D eigenvalue weighted by atomic mass is 9.91. The predicted octanol–water partition coefficient (Wildman–Crippen LogP) is 1.93. The largest absolute Gasteiger partial charge is 0.465 e. The van der Waals surface area contributed by atoms with Gasteiger partial charge in [0.25, 0.3) is 0 Å². The maximum Gasteiger partial charge on any atom is 0.419 e. The zero-order valence-corrected chi connectivity index (χ0v) is 10.8. The quantitative estimate of drug-likeness (QED) is 0.327. The Labute approximate surface area is 101 Å². The van der Waals surface area contributed by atoms with Crippen LogP contribution in [-0.4, -0.2) is 25.2 Å². The molecule has 0 unspecified atom stereocenters. The number of thiol groups is 1. The van der Waals surface area contributed by atoms with Gasteiger partial charge < -0.3 is 14.2 Å². The molecule has 0 aliphatic heterocycles. The van der Waals surface area contributed by atoms with Crippen LogP contribution in [0.5, 0.6) is 0 Å². The molecular weight excluding hydrogens is 230 g/mol. The summed E-state index contributed by atoms with van der Waals surface area (Å²) in [5, 5.41) is 2.43. The molecule has 0 saturated carbocycles. The molecule has 1 N–H and O–H groups in total. The Bertz CT molecular complexity index is 243. The van der Waals surface area contributed by atoms with Crippen molar-refractivity contribution < 1.29 is 18.5 Å². The van der Waals surface area contributed by atoms with Crippen molar-refractivity contribution in [2.24, 2.45) is 5.41 Å². The first-order chi connectivity index (χ1) is 7.44. The SMILES string of the molecule is CCC(C)(C)C(=O)OCCCNC(=O)OS. The molecule has 0 radical (unpaired) electrons. The molecular formula is C10H19NO4S. The van der Waals surface area contributed by atoms with E-state index in [1.54, 1.807) is 0 Å². The molecule has 6 heteroatoms. The highest BCUT2D eigenvalue weighted by Gasteiger charge is 2.26. The predicted molar refractivity (Wildman–Crippen MR) is 63.1 cm³/mol. The average Bonchev–Trinajstić information content (AvgIpc) is 2.27. The van der Waals surface area contributed by atoms with E-state index in [-0.39, 0.29) is 12.6 Å². The van der Waals surface area contributed by atoms with Crippen molar-refractivity contribution in [3.8, 4) is 0 Å². The number of ether oxygens (including phenoxy) is 1. The fourth-order valence-electron chi connectivity index (χ4n) is 0.799. The van der Waals surface area contributed by atoms with Crippen molar-refractivity contribution in [2.75, 3.05) is 13.2 Å². The summed E-state index contributed by atoms with van der Waals surface area (Å²) < 4.78 is 9.15. The van der Waals surface area contributed by atoms with Gasteiger partial charge in [0, 0.05) is 19.5 Å². The van der Waals surface area contributed by atoms with Crippen LogP contribution in [0.1, 0.15) is 33.6 Å². The topological polar surface area (TPSA) is 64.6 Å². The molecule has 1 amide bonds. The van der Waals surface area contributed by atoms with E-state index in [4.69, 9.17) is 4.74 Å². The molecule has 0 bridgehead atoms. The van der Waals surface area contributed by atoms with E-state index in [1.807, 2.05) is 20.8 Å². The first kappa shape index (κ1) is 15.1. The van der Waals surface area contributed by atoms with Crippen LogP contribution in [0, 0.1) is 5.41 Å². The zero-order valence-electron chi connectivity index (χ0n) is 9.91. The minimum absolute atomic E-state index is 0.216. The Hall–Kier alpha value is -0.910. The second-order valence-electron chi connectivity index (χ2n) is 4.03. The summed E-state index contributed by atoms with van der Waals surface area (Å²) in [6.07, 6.45) is 0.674. The lowest BCUT2D eigenvalue weighted by Crippen LogP contribution is -2.28. The second kappa shape index (κ2) is 7.38. The van der Waals surface area contributed by atoms with Crippen LogP contribution >= 0.6 is 12.9 Å². The summed E-state index contributed by atoms with van der Waals surface area (Å²) in [6.45, 7) is 6.29. The van der Waals surface area contributed by atoms with Crippen molar-refractivity contribution in [3.05, 3.63) is 0 Å². The van der Waals surface area contributed by atoms with Gasteiger partial charge in [-0.2, -0.15) is 0 Å². The van der Waals surface area contributed by atoms with Crippen LogP contribution < -0.4 is 5.32 Å². The van der Waals surface area contributed by atoms with E-state index in [1.165, 1.54) is 0 Å². The Morgan fingerprint density at radius 2 is 2.00 bits per heavy atom. The number of carbonyl (C=O) groups excluding carboxylic acids is 2. The summed E-state index contributed by atoms with van der Waals surface area (Å²) in [6, 6.07) is 0. The monoisotopic (exact) mass is 249 g/mol. The lowest BCUT2D eigenvalue weighted by Gasteiger charge is -2.20. The molecule has 0 aromatic heterocycles. The first-order valence-corrected chi connectivity index (χ1v) is 5.57. The van der Waals surface area contributed by atoms with Gasteiger partial charge in [-0.3, -0.25) is 4.79 Å². The van der Waals surface area contributed by atoms with E-state index in [0.717, 1.165) is 6.42 Å². The number of hydrogen-bond donors (Lipinski definition) is 2. The van der Waals surface area contributed by atoms with Crippen molar-refractivity contribution in [2.45, 2.75) is 33.6 Å². The van der Waals surface area contributed by atoms with E-state index in [9.17, 15) is 9.59 Å². The second-order valence-corrected chi connectivity index (χ2v) is 4.22. The molecule has 16 heavy (non-hydrogen) atoms. The average molecular weight is 249 g/mol. The Morgan fingerprint density at radius 3 is 2.50 bits per heavy atom. The molecule has 0 heterocycles. The van der Waals surface area contributed by atoms with Crippen LogP contribution in [-0.2, 0) is 13.7 Å². The maximum absolute atomic E-state index is 11.5. The van der Waals surface area contributed by atoms with Crippen LogP contribution in [0.25, 0.3) is 0 Å². The summed E-state index contributed by atoms with van der Waals surface area (Å²) in [7, 11) is 0. The molecule has 0 saturated heterocycles. The molecule has 0 aliphatic rings. The normalized spacial score (nSPS) is 10.8. The molecule has 0 aromatic carbocycles. The standard InChI is InChI=1S/C10H19NO4S/c1-4-10(2,3)8(12)14-7-5-6-11-9(13)15-16/h16H,4-7H2,1-3H3,(H,11,13). The van der Waals surface area contributed by atoms with Gasteiger partial charge in [0.05, 0.1) is 12.0 Å². The minimum Gasteiger partial charge on any atom is -0.465 e. The summed E-state index contributed by atoms with van der Waals surface area (Å²) in [4.78, 5) is 22.1. The highest BCUT2D eigenvalue weighted by Crippen LogP contribution is 2.21. The molecule has 0 aromatic rings. The lowest BCUT2D eigenvalue weighted by molar-refractivity contribution is -0.154. The van der Waals surface area contributed by atoms with Gasteiger partial charge in [0.1, 0.15) is 0 Å². The number of hydrogen-bond acceptors (Lipinski definition) is 5. The number of amides is 1. The third kappa shape index (κ3) is 5.85. The fraction of sp³-hybridized carbons (Fsp3) is 0.800. The smallest absolute Gasteiger partial charge is 0.419 e. The summed E-state index contributed by atoms with van der Waals surface area (Å²) >= 11 is 3.33. The number of esters is 1. The van der Waals surface area contributed by atoms with Gasteiger partial charge in [-0.1, -0.05) is 6.92 Å². The van der Waals surface area contributed by atoms with Crippen molar-refractivity contribution in [1.82, 2.24) is 5.32 Å². The van der Waals surface area contributed by atoms with Crippen LogP contribution in [0.2, 0.25) is 0 Å². The van der Waals surface area contributed by atoms with Crippen LogP contribution in [0.3, 0.4) is 0 Å². The molecule has 94 valence electrons. The first-order valence-electron chi connectivity index (χ1n) is 5.20. The van der Waals surface area contributed by atoms with Crippen molar-refractivity contribution in [1.29, 1.82) is 0 Å². The molecule has 0 atom stereocenters. The molecule has 5 nitrogen and oxygen atoms in total. The van der Waals surface area contributed by atoms with Crippen LogP contribution in [0.15, 0.2) is 0 Å².